The van der Waals surface area contributed by atoms with E-state index < -0.39 is 0 Å². The molecule has 1 heterocycles. The van der Waals surface area contributed by atoms with Crippen molar-refractivity contribution in [3.05, 3.63) is 23.0 Å². The Morgan fingerprint density at radius 2 is 2.24 bits per heavy atom. The van der Waals surface area contributed by atoms with Crippen molar-refractivity contribution in [2.24, 2.45) is 0 Å². The zero-order valence-electron chi connectivity index (χ0n) is 11.0. The Morgan fingerprint density at radius 1 is 1.47 bits per heavy atom. The van der Waals surface area contributed by atoms with Gasteiger partial charge in [0.2, 0.25) is 0 Å². The van der Waals surface area contributed by atoms with Crippen LogP contribution in [0.15, 0.2) is 6.07 Å². The number of hydrogen-bond donors (Lipinski definition) is 0. The second kappa shape index (κ2) is 5.05. The smallest absolute Gasteiger partial charge is 0.164 e. The first-order chi connectivity index (χ1) is 8.15. The third kappa shape index (κ3) is 2.29. The molecule has 0 amide bonds. The molecule has 0 spiro atoms. The van der Waals surface area contributed by atoms with Gasteiger partial charge >= 0.3 is 0 Å². The predicted octanol–water partition coefficient (Wildman–Crippen LogP) is 2.91. The van der Waals surface area contributed by atoms with Gasteiger partial charge in [0.25, 0.3) is 0 Å². The van der Waals surface area contributed by atoms with Crippen molar-refractivity contribution in [1.82, 2.24) is 4.57 Å². The van der Waals surface area contributed by atoms with Gasteiger partial charge < -0.3 is 9.30 Å². The Balaban J connectivity index is 2.30. The summed E-state index contributed by atoms with van der Waals surface area (Å²) in [6, 6.07) is 2.35. The largest absolute Gasteiger partial charge is 0.380 e. The highest BCUT2D eigenvalue weighted by molar-refractivity contribution is 5.98. The number of ether oxygens (including phenoxy) is 1. The van der Waals surface area contributed by atoms with Crippen LogP contribution in [0.25, 0.3) is 0 Å². The number of aryl methyl sites for hydroxylation is 1. The van der Waals surface area contributed by atoms with Gasteiger partial charge in [-0.05, 0) is 39.7 Å². The molecule has 1 aromatic heterocycles. The van der Waals surface area contributed by atoms with Crippen LogP contribution < -0.4 is 0 Å². The molecule has 0 bridgehead atoms. The predicted molar refractivity (Wildman–Crippen MR) is 67.6 cm³/mol. The minimum Gasteiger partial charge on any atom is -0.380 e. The van der Waals surface area contributed by atoms with Crippen molar-refractivity contribution in [3.8, 4) is 0 Å². The summed E-state index contributed by atoms with van der Waals surface area (Å²) in [7, 11) is 0. The molecule has 94 valence electrons. The molecular weight excluding hydrogens is 214 g/mol. The first-order valence-electron chi connectivity index (χ1n) is 6.46. The van der Waals surface area contributed by atoms with Crippen LogP contribution in [0.4, 0.5) is 0 Å². The minimum absolute atomic E-state index is 0.303. The Labute approximate surface area is 103 Å². The third-order valence-electron chi connectivity index (χ3n) is 3.46. The highest BCUT2D eigenvalue weighted by Crippen LogP contribution is 2.27. The topological polar surface area (TPSA) is 31.2 Å². The van der Waals surface area contributed by atoms with E-state index in [-0.39, 0.29) is 0 Å². The van der Waals surface area contributed by atoms with E-state index in [2.05, 4.69) is 18.4 Å². The number of aromatic nitrogens is 1. The van der Waals surface area contributed by atoms with Crippen molar-refractivity contribution in [3.63, 3.8) is 0 Å². The molecule has 0 aliphatic heterocycles. The average Bonchev–Trinajstić information content (AvgIpc) is 2.64. The number of Topliss-reactive ketones (excluding diaryl/α,β-unsaturated/α-hetero) is 1. The van der Waals surface area contributed by atoms with Crippen molar-refractivity contribution < 1.29 is 9.53 Å². The van der Waals surface area contributed by atoms with Crippen LogP contribution in [0.1, 0.15) is 54.5 Å². The molecule has 2 rings (SSSR count). The van der Waals surface area contributed by atoms with E-state index in [9.17, 15) is 4.79 Å². The van der Waals surface area contributed by atoms with Crippen molar-refractivity contribution in [1.29, 1.82) is 0 Å². The van der Waals surface area contributed by atoms with E-state index in [4.69, 9.17) is 4.74 Å². The summed E-state index contributed by atoms with van der Waals surface area (Å²) in [6.07, 6.45) is 2.71. The van der Waals surface area contributed by atoms with Crippen LogP contribution in [0, 0.1) is 6.92 Å². The molecule has 1 unspecified atom stereocenters. The number of fused-ring (bicyclic) bond motifs is 1. The van der Waals surface area contributed by atoms with E-state index in [0.29, 0.717) is 24.9 Å². The lowest BCUT2D eigenvalue weighted by Crippen LogP contribution is -2.19. The fourth-order valence-corrected chi connectivity index (χ4v) is 2.73. The molecule has 0 aromatic carbocycles. The van der Waals surface area contributed by atoms with E-state index in [1.807, 2.05) is 13.0 Å². The van der Waals surface area contributed by atoms with Crippen molar-refractivity contribution >= 4 is 5.78 Å². The third-order valence-corrected chi connectivity index (χ3v) is 3.46. The van der Waals surface area contributed by atoms with Crippen molar-refractivity contribution in [2.75, 3.05) is 13.2 Å². The molecule has 0 N–H and O–H groups in total. The SMILES string of the molecule is CCOCC(C)n1c(C)cc2c1CCCC2=O. The van der Waals surface area contributed by atoms with Gasteiger partial charge in [0.15, 0.2) is 5.78 Å². The Kier molecular flexibility index (Phi) is 3.67. The summed E-state index contributed by atoms with van der Waals surface area (Å²) in [6.45, 7) is 7.70. The lowest BCUT2D eigenvalue weighted by atomic mass is 9.96. The summed E-state index contributed by atoms with van der Waals surface area (Å²) >= 11 is 0. The second-order valence-electron chi connectivity index (χ2n) is 4.80. The molecule has 1 aliphatic rings. The van der Waals surface area contributed by atoms with E-state index in [1.54, 1.807) is 0 Å². The van der Waals surface area contributed by atoms with Crippen LogP contribution in [-0.4, -0.2) is 23.6 Å². The maximum Gasteiger partial charge on any atom is 0.164 e. The van der Waals surface area contributed by atoms with Crippen molar-refractivity contribution in [2.45, 2.75) is 46.1 Å². The highest BCUT2D eigenvalue weighted by Gasteiger charge is 2.24. The Hall–Kier alpha value is -1.09. The highest BCUT2D eigenvalue weighted by atomic mass is 16.5. The normalized spacial score (nSPS) is 17.0. The van der Waals surface area contributed by atoms with Crippen LogP contribution in [0.2, 0.25) is 0 Å². The molecule has 0 saturated carbocycles. The number of carbonyl (C=O) groups excluding carboxylic acids is 1. The monoisotopic (exact) mass is 235 g/mol. The molecule has 17 heavy (non-hydrogen) atoms. The molecule has 0 radical (unpaired) electrons. The Morgan fingerprint density at radius 3 is 2.94 bits per heavy atom. The van der Waals surface area contributed by atoms with Gasteiger partial charge in [-0.2, -0.15) is 0 Å². The van der Waals surface area contributed by atoms with E-state index in [0.717, 1.165) is 25.0 Å². The molecule has 1 aliphatic carbocycles. The summed E-state index contributed by atoms with van der Waals surface area (Å²) in [5.41, 5.74) is 3.33. The number of hydrogen-bond acceptors (Lipinski definition) is 2. The van der Waals surface area contributed by atoms with Gasteiger partial charge in [0, 0.05) is 30.0 Å². The van der Waals surface area contributed by atoms with Crippen LogP contribution in [-0.2, 0) is 11.2 Å². The standard InChI is InChI=1S/C14H21NO2/c1-4-17-9-11(3)15-10(2)8-12-13(15)6-5-7-14(12)16/h8,11H,4-7,9H2,1-3H3. The van der Waals surface area contributed by atoms with Gasteiger partial charge in [0.1, 0.15) is 0 Å². The minimum atomic E-state index is 0.303. The molecule has 0 fully saturated rings. The van der Waals surface area contributed by atoms with Crippen LogP contribution in [0.5, 0.6) is 0 Å². The molecule has 3 nitrogen and oxygen atoms in total. The van der Waals surface area contributed by atoms with Gasteiger partial charge in [0.05, 0.1) is 12.6 Å². The maximum absolute atomic E-state index is 11.8. The van der Waals surface area contributed by atoms with Gasteiger partial charge in [-0.25, -0.2) is 0 Å². The number of carbonyl (C=O) groups is 1. The van der Waals surface area contributed by atoms with E-state index in [1.165, 1.54) is 11.4 Å². The quantitative estimate of drug-likeness (QED) is 0.803. The molecule has 1 aromatic rings. The van der Waals surface area contributed by atoms with Crippen LogP contribution >= 0.6 is 0 Å². The van der Waals surface area contributed by atoms with Gasteiger partial charge in [-0.1, -0.05) is 0 Å². The molecule has 0 saturated heterocycles. The summed E-state index contributed by atoms with van der Waals surface area (Å²) < 4.78 is 7.77. The number of nitrogens with zero attached hydrogens (tertiary/aromatic N) is 1. The summed E-state index contributed by atoms with van der Waals surface area (Å²) in [5.74, 6) is 0.303. The number of ketones is 1. The maximum atomic E-state index is 11.8. The van der Waals surface area contributed by atoms with Gasteiger partial charge in [-0.15, -0.1) is 0 Å². The average molecular weight is 235 g/mol. The summed E-state index contributed by atoms with van der Waals surface area (Å²) in [4.78, 5) is 11.8. The number of rotatable bonds is 4. The van der Waals surface area contributed by atoms with E-state index >= 15 is 0 Å². The summed E-state index contributed by atoms with van der Waals surface area (Å²) in [5, 5.41) is 0. The zero-order valence-corrected chi connectivity index (χ0v) is 11.0. The zero-order chi connectivity index (χ0) is 12.4. The first-order valence-corrected chi connectivity index (χ1v) is 6.46. The first kappa shape index (κ1) is 12.4. The lowest BCUT2D eigenvalue weighted by Gasteiger charge is -2.21. The Bertz CT molecular complexity index is 420. The molecule has 1 atom stereocenters. The fraction of sp³-hybridized carbons (Fsp3) is 0.643. The van der Waals surface area contributed by atoms with Crippen LogP contribution in [0.3, 0.4) is 0 Å². The molecular formula is C14H21NO2. The van der Waals surface area contributed by atoms with Gasteiger partial charge in [-0.3, -0.25) is 4.79 Å². The lowest BCUT2D eigenvalue weighted by molar-refractivity contribution is 0.0968. The fourth-order valence-electron chi connectivity index (χ4n) is 2.73. The molecule has 3 heteroatoms. The second-order valence-corrected chi connectivity index (χ2v) is 4.80.